The van der Waals surface area contributed by atoms with Crippen molar-refractivity contribution in [1.29, 1.82) is 0 Å². The molecule has 10 heteroatoms. The molecule has 0 amide bonds. The highest BCUT2D eigenvalue weighted by Crippen LogP contribution is 2.38. The molecule has 2 nitrogen and oxygen atoms in total. The van der Waals surface area contributed by atoms with Crippen LogP contribution < -0.4 is 5.32 Å². The average molecular weight is 395 g/mol. The van der Waals surface area contributed by atoms with Crippen molar-refractivity contribution in [3.8, 4) is 0 Å². The lowest BCUT2D eigenvalue weighted by Crippen LogP contribution is -2.45. The lowest BCUT2D eigenvalue weighted by molar-refractivity contribution is -0.141. The minimum atomic E-state index is -4.89. The molecule has 1 atom stereocenters. The first-order valence-electron chi connectivity index (χ1n) is 7.47. The van der Waals surface area contributed by atoms with Gasteiger partial charge in [-0.25, -0.2) is 4.39 Å². The van der Waals surface area contributed by atoms with E-state index in [9.17, 15) is 30.7 Å². The number of nitrogens with one attached hydrogen (secondary N) is 1. The van der Waals surface area contributed by atoms with E-state index in [0.29, 0.717) is 32.2 Å². The van der Waals surface area contributed by atoms with E-state index in [2.05, 4.69) is 5.32 Å². The Morgan fingerprint density at radius 3 is 2.16 bits per heavy atom. The summed E-state index contributed by atoms with van der Waals surface area (Å²) in [6.45, 7) is 1.67. The van der Waals surface area contributed by atoms with Crippen molar-refractivity contribution >= 4 is 12.4 Å². The quantitative estimate of drug-likeness (QED) is 0.753. The maximum atomic E-state index is 14.3. The van der Waals surface area contributed by atoms with E-state index in [1.54, 1.807) is 4.90 Å². The Morgan fingerprint density at radius 2 is 1.64 bits per heavy atom. The summed E-state index contributed by atoms with van der Waals surface area (Å²) in [5.74, 6) is -1.49. The molecule has 1 fully saturated rings. The van der Waals surface area contributed by atoms with Crippen LogP contribution >= 0.6 is 12.4 Å². The van der Waals surface area contributed by atoms with Gasteiger partial charge in [-0.2, -0.15) is 26.3 Å². The van der Waals surface area contributed by atoms with Crippen molar-refractivity contribution in [2.75, 3.05) is 26.2 Å². The highest BCUT2D eigenvalue weighted by atomic mass is 35.5. The summed E-state index contributed by atoms with van der Waals surface area (Å²) in [5, 5.41) is 3.01. The minimum Gasteiger partial charge on any atom is -0.314 e. The minimum absolute atomic E-state index is 0. The number of nitrogens with zero attached hydrogens (tertiary/aromatic N) is 1. The monoisotopic (exact) mass is 394 g/mol. The maximum absolute atomic E-state index is 14.3. The number of alkyl halides is 6. The Balaban J connectivity index is 0.00000312. The van der Waals surface area contributed by atoms with Crippen LogP contribution in [-0.2, 0) is 6.18 Å². The van der Waals surface area contributed by atoms with Crippen molar-refractivity contribution in [2.24, 2.45) is 0 Å². The molecule has 144 valence electrons. The van der Waals surface area contributed by atoms with Gasteiger partial charge < -0.3 is 5.32 Å². The van der Waals surface area contributed by atoms with Gasteiger partial charge in [0, 0.05) is 44.2 Å². The van der Waals surface area contributed by atoms with Gasteiger partial charge in [-0.05, 0) is 12.5 Å². The first-order valence-corrected chi connectivity index (χ1v) is 7.47. The Hall–Kier alpha value is -1.06. The van der Waals surface area contributed by atoms with Crippen molar-refractivity contribution < 1.29 is 30.7 Å². The fourth-order valence-corrected chi connectivity index (χ4v) is 2.86. The maximum Gasteiger partial charge on any atom is 0.419 e. The van der Waals surface area contributed by atoms with Crippen LogP contribution in [0.3, 0.4) is 0 Å². The molecular weight excluding hydrogens is 377 g/mol. The second-order valence-electron chi connectivity index (χ2n) is 5.66. The Kier molecular flexibility index (Phi) is 7.52. The summed E-state index contributed by atoms with van der Waals surface area (Å²) in [4.78, 5) is 1.60. The zero-order valence-corrected chi connectivity index (χ0v) is 13.9. The van der Waals surface area contributed by atoms with Crippen LogP contribution in [0.1, 0.15) is 30.0 Å². The van der Waals surface area contributed by atoms with Crippen LogP contribution in [0.4, 0.5) is 30.7 Å². The second-order valence-corrected chi connectivity index (χ2v) is 5.66. The third kappa shape index (κ3) is 6.00. The fraction of sp³-hybridized carbons (Fsp3) is 0.600. The molecule has 1 aliphatic heterocycles. The van der Waals surface area contributed by atoms with E-state index in [0.717, 1.165) is 12.1 Å². The van der Waals surface area contributed by atoms with Gasteiger partial charge in [-0.1, -0.05) is 12.1 Å². The molecule has 0 unspecified atom stereocenters. The Bertz CT molecular complexity index is 554. The molecule has 25 heavy (non-hydrogen) atoms. The van der Waals surface area contributed by atoms with E-state index in [-0.39, 0.29) is 18.0 Å². The Morgan fingerprint density at radius 1 is 1.04 bits per heavy atom. The molecule has 0 aliphatic carbocycles. The van der Waals surface area contributed by atoms with Crippen LogP contribution in [0.25, 0.3) is 0 Å². The molecule has 0 saturated carbocycles. The molecule has 1 aliphatic rings. The standard InChI is InChI=1S/C15H17F7N2.ClH/c16-13-10(2-1-3-11(13)15(20,21)22)12(4-5-14(17,18)19)24-8-6-23-7-9-24;/h1-3,12,23H,4-9H2;1H/t12-;/m0./s1. The van der Waals surface area contributed by atoms with Gasteiger partial charge in [0.2, 0.25) is 0 Å². The SMILES string of the molecule is Cl.Fc1c([C@H](CCC(F)(F)F)N2CCNCC2)cccc1C(F)(F)F. The molecule has 1 aromatic carbocycles. The van der Waals surface area contributed by atoms with Crippen LogP contribution in [0.5, 0.6) is 0 Å². The highest BCUT2D eigenvalue weighted by Gasteiger charge is 2.38. The predicted octanol–water partition coefficient (Wildman–Crippen LogP) is 4.56. The van der Waals surface area contributed by atoms with Crippen molar-refractivity contribution in [3.63, 3.8) is 0 Å². The topological polar surface area (TPSA) is 15.3 Å². The normalized spacial score (nSPS) is 17.9. The number of hydrogen-bond acceptors (Lipinski definition) is 2. The van der Waals surface area contributed by atoms with E-state index < -0.39 is 42.6 Å². The number of halogens is 8. The smallest absolute Gasteiger partial charge is 0.314 e. The van der Waals surface area contributed by atoms with Gasteiger partial charge in [-0.15, -0.1) is 12.4 Å². The third-order valence-corrected chi connectivity index (χ3v) is 3.99. The number of rotatable bonds is 4. The number of piperazine rings is 1. The van der Waals surface area contributed by atoms with Gasteiger partial charge in [0.25, 0.3) is 0 Å². The van der Waals surface area contributed by atoms with Crippen LogP contribution in [0, 0.1) is 5.82 Å². The molecule has 0 aromatic heterocycles. The first-order chi connectivity index (χ1) is 11.1. The largest absolute Gasteiger partial charge is 0.419 e. The number of benzene rings is 1. The third-order valence-electron chi connectivity index (χ3n) is 3.99. The molecular formula is C15H18ClF7N2. The van der Waals surface area contributed by atoms with Crippen LogP contribution in [0.15, 0.2) is 18.2 Å². The van der Waals surface area contributed by atoms with Gasteiger partial charge >= 0.3 is 12.4 Å². The summed E-state index contributed by atoms with van der Waals surface area (Å²) >= 11 is 0. The summed E-state index contributed by atoms with van der Waals surface area (Å²) in [6, 6.07) is 1.71. The van der Waals surface area contributed by atoms with Gasteiger partial charge in [0.05, 0.1) is 5.56 Å². The van der Waals surface area contributed by atoms with Crippen LogP contribution in [-0.4, -0.2) is 37.3 Å². The summed E-state index contributed by atoms with van der Waals surface area (Å²) < 4.78 is 90.6. The lowest BCUT2D eigenvalue weighted by Gasteiger charge is -2.36. The van der Waals surface area contributed by atoms with Gasteiger partial charge in [0.1, 0.15) is 5.82 Å². The first kappa shape index (κ1) is 22.0. The molecule has 2 rings (SSSR count). The molecule has 1 N–H and O–H groups in total. The molecule has 1 heterocycles. The molecule has 1 saturated heterocycles. The van der Waals surface area contributed by atoms with Crippen molar-refractivity contribution in [3.05, 3.63) is 35.1 Å². The van der Waals surface area contributed by atoms with E-state index in [1.165, 1.54) is 0 Å². The predicted molar refractivity (Wildman–Crippen MR) is 81.1 cm³/mol. The zero-order chi connectivity index (χ0) is 18.0. The molecule has 0 bridgehead atoms. The molecule has 0 radical (unpaired) electrons. The van der Waals surface area contributed by atoms with Gasteiger partial charge in [0.15, 0.2) is 0 Å². The van der Waals surface area contributed by atoms with E-state index in [4.69, 9.17) is 0 Å². The van der Waals surface area contributed by atoms with Crippen LogP contribution in [0.2, 0.25) is 0 Å². The average Bonchev–Trinajstić information content (AvgIpc) is 2.48. The fourth-order valence-electron chi connectivity index (χ4n) is 2.86. The summed E-state index contributed by atoms with van der Waals surface area (Å²) in [7, 11) is 0. The van der Waals surface area contributed by atoms with E-state index >= 15 is 0 Å². The van der Waals surface area contributed by atoms with Crippen molar-refractivity contribution in [1.82, 2.24) is 10.2 Å². The zero-order valence-electron chi connectivity index (χ0n) is 13.1. The Labute approximate surface area is 146 Å². The van der Waals surface area contributed by atoms with Gasteiger partial charge in [-0.3, -0.25) is 4.90 Å². The number of hydrogen-bond donors (Lipinski definition) is 1. The molecule has 1 aromatic rings. The van der Waals surface area contributed by atoms with E-state index in [1.807, 2.05) is 0 Å². The lowest BCUT2D eigenvalue weighted by atomic mass is 9.96. The summed E-state index contributed by atoms with van der Waals surface area (Å²) in [6.07, 6.45) is -11.0. The van der Waals surface area contributed by atoms with Crippen molar-refractivity contribution in [2.45, 2.75) is 31.2 Å². The molecule has 0 spiro atoms. The highest BCUT2D eigenvalue weighted by molar-refractivity contribution is 5.85. The summed E-state index contributed by atoms with van der Waals surface area (Å²) in [5.41, 5.74) is -1.79. The second kappa shape index (κ2) is 8.55.